The summed E-state index contributed by atoms with van der Waals surface area (Å²) in [5, 5.41) is 12.5. The standard InChI is InChI=1S/C23H31N5O2S/c1-16(2)15-28-21(25-26-23(28)31-4)10-7-12-24-22(30)14-20-19-9-6-5-8-18(19)11-13-27(20)17(3)29/h5-6,8-9,11,13,16,20H,7,10,12,14-15H2,1-4H3,(H,24,30). The van der Waals surface area contributed by atoms with Gasteiger partial charge in [-0.3, -0.25) is 9.59 Å². The van der Waals surface area contributed by atoms with Gasteiger partial charge >= 0.3 is 0 Å². The predicted molar refractivity (Wildman–Crippen MR) is 123 cm³/mol. The van der Waals surface area contributed by atoms with Gasteiger partial charge < -0.3 is 14.8 Å². The summed E-state index contributed by atoms with van der Waals surface area (Å²) in [5.41, 5.74) is 2.05. The lowest BCUT2D eigenvalue weighted by Gasteiger charge is -2.32. The highest BCUT2D eigenvalue weighted by molar-refractivity contribution is 7.98. The minimum atomic E-state index is -0.281. The maximum absolute atomic E-state index is 12.7. The van der Waals surface area contributed by atoms with Gasteiger partial charge in [0.1, 0.15) is 5.82 Å². The Kier molecular flexibility index (Phi) is 7.90. The summed E-state index contributed by atoms with van der Waals surface area (Å²) < 4.78 is 2.17. The van der Waals surface area contributed by atoms with Crippen molar-refractivity contribution in [1.82, 2.24) is 25.0 Å². The van der Waals surface area contributed by atoms with E-state index in [0.717, 1.165) is 41.5 Å². The van der Waals surface area contributed by atoms with Crippen LogP contribution in [0.2, 0.25) is 0 Å². The van der Waals surface area contributed by atoms with Crippen LogP contribution in [0.25, 0.3) is 6.08 Å². The van der Waals surface area contributed by atoms with E-state index in [-0.39, 0.29) is 24.3 Å². The monoisotopic (exact) mass is 441 g/mol. The van der Waals surface area contributed by atoms with Gasteiger partial charge in [0.25, 0.3) is 0 Å². The quantitative estimate of drug-likeness (QED) is 0.474. The SMILES string of the molecule is CSc1nnc(CCCNC(=O)CC2c3ccccc3C=CN2C(C)=O)n1CC(C)C. The summed E-state index contributed by atoms with van der Waals surface area (Å²) in [6, 6.07) is 7.61. The zero-order chi connectivity index (χ0) is 22.4. The Morgan fingerprint density at radius 1 is 1.23 bits per heavy atom. The fraction of sp³-hybridized carbons (Fsp3) is 0.478. The lowest BCUT2D eigenvalue weighted by Crippen LogP contribution is -2.35. The van der Waals surface area contributed by atoms with Crippen molar-refractivity contribution in [3.05, 3.63) is 47.4 Å². The van der Waals surface area contributed by atoms with Crippen molar-refractivity contribution in [2.24, 2.45) is 5.92 Å². The molecule has 2 amide bonds. The van der Waals surface area contributed by atoms with Gasteiger partial charge in [0.05, 0.1) is 12.5 Å². The number of rotatable bonds is 9. The molecule has 1 aromatic carbocycles. The van der Waals surface area contributed by atoms with Gasteiger partial charge in [-0.25, -0.2) is 0 Å². The van der Waals surface area contributed by atoms with Gasteiger partial charge in [-0.1, -0.05) is 49.9 Å². The number of hydrogen-bond acceptors (Lipinski definition) is 5. The first-order valence-corrected chi connectivity index (χ1v) is 11.9. The number of nitrogens with one attached hydrogen (secondary N) is 1. The van der Waals surface area contributed by atoms with Crippen LogP contribution in [0.15, 0.2) is 35.6 Å². The van der Waals surface area contributed by atoms with Gasteiger partial charge in [0.15, 0.2) is 5.16 Å². The van der Waals surface area contributed by atoms with Crippen LogP contribution < -0.4 is 5.32 Å². The third kappa shape index (κ3) is 5.76. The largest absolute Gasteiger partial charge is 0.356 e. The molecule has 7 nitrogen and oxygen atoms in total. The van der Waals surface area contributed by atoms with Crippen LogP contribution in [0.4, 0.5) is 0 Å². The molecule has 0 radical (unpaired) electrons. The molecule has 31 heavy (non-hydrogen) atoms. The average Bonchev–Trinajstić information content (AvgIpc) is 3.12. The van der Waals surface area contributed by atoms with Crippen LogP contribution in [-0.4, -0.2) is 44.3 Å². The van der Waals surface area contributed by atoms with E-state index in [1.807, 2.05) is 36.6 Å². The zero-order valence-electron chi connectivity index (χ0n) is 18.7. The van der Waals surface area contributed by atoms with Crippen LogP contribution in [0.3, 0.4) is 0 Å². The molecule has 1 aromatic heterocycles. The Labute approximate surface area is 188 Å². The van der Waals surface area contributed by atoms with E-state index in [1.165, 1.54) is 6.92 Å². The molecule has 2 aromatic rings. The Hall–Kier alpha value is -2.61. The van der Waals surface area contributed by atoms with Crippen molar-refractivity contribution in [2.75, 3.05) is 12.8 Å². The van der Waals surface area contributed by atoms with Crippen molar-refractivity contribution in [3.8, 4) is 0 Å². The lowest BCUT2D eigenvalue weighted by molar-refractivity contribution is -0.129. The number of carbonyl (C=O) groups excluding carboxylic acids is 2. The fourth-order valence-electron chi connectivity index (χ4n) is 3.84. The zero-order valence-corrected chi connectivity index (χ0v) is 19.5. The first-order valence-electron chi connectivity index (χ1n) is 10.7. The van der Waals surface area contributed by atoms with E-state index in [4.69, 9.17) is 0 Å². The van der Waals surface area contributed by atoms with Gasteiger partial charge in [-0.05, 0) is 35.8 Å². The molecule has 0 saturated carbocycles. The van der Waals surface area contributed by atoms with Gasteiger partial charge in [-0.2, -0.15) is 0 Å². The molecular weight excluding hydrogens is 410 g/mol. The number of thioether (sulfide) groups is 1. The molecule has 166 valence electrons. The van der Waals surface area contributed by atoms with Crippen LogP contribution >= 0.6 is 11.8 Å². The van der Waals surface area contributed by atoms with Crippen molar-refractivity contribution in [2.45, 2.75) is 57.8 Å². The highest BCUT2D eigenvalue weighted by atomic mass is 32.2. The van der Waals surface area contributed by atoms with Crippen LogP contribution in [0, 0.1) is 5.92 Å². The Bertz CT molecular complexity index is 953. The van der Waals surface area contributed by atoms with Crippen LogP contribution in [0.5, 0.6) is 0 Å². The van der Waals surface area contributed by atoms with Crippen molar-refractivity contribution < 1.29 is 9.59 Å². The summed E-state index contributed by atoms with van der Waals surface area (Å²) in [6.07, 6.45) is 7.48. The minimum absolute atomic E-state index is 0.0604. The second-order valence-corrected chi connectivity index (χ2v) is 8.93. The van der Waals surface area contributed by atoms with E-state index in [2.05, 4.69) is 33.9 Å². The Balaban J connectivity index is 1.55. The van der Waals surface area contributed by atoms with E-state index >= 15 is 0 Å². The number of amides is 2. The summed E-state index contributed by atoms with van der Waals surface area (Å²) in [5.74, 6) is 1.34. The molecule has 0 fully saturated rings. The molecule has 1 aliphatic heterocycles. The molecule has 1 unspecified atom stereocenters. The van der Waals surface area contributed by atoms with Gasteiger partial charge in [0.2, 0.25) is 11.8 Å². The summed E-state index contributed by atoms with van der Waals surface area (Å²) >= 11 is 1.60. The highest BCUT2D eigenvalue weighted by Crippen LogP contribution is 2.32. The molecular formula is C23H31N5O2S. The molecule has 0 aliphatic carbocycles. The maximum Gasteiger partial charge on any atom is 0.223 e. The first kappa shape index (κ1) is 23.1. The number of hydrogen-bond donors (Lipinski definition) is 1. The Morgan fingerprint density at radius 3 is 2.71 bits per heavy atom. The number of fused-ring (bicyclic) bond motifs is 1. The number of carbonyl (C=O) groups is 2. The molecule has 1 atom stereocenters. The molecule has 0 saturated heterocycles. The Morgan fingerprint density at radius 2 is 2.00 bits per heavy atom. The minimum Gasteiger partial charge on any atom is -0.356 e. The third-order valence-electron chi connectivity index (χ3n) is 5.27. The lowest BCUT2D eigenvalue weighted by atomic mass is 9.93. The van der Waals surface area contributed by atoms with Crippen LogP contribution in [0.1, 0.15) is 56.6 Å². The summed E-state index contributed by atoms with van der Waals surface area (Å²) in [4.78, 5) is 26.4. The molecule has 1 N–H and O–H groups in total. The van der Waals surface area contributed by atoms with E-state index in [0.29, 0.717) is 12.5 Å². The van der Waals surface area contributed by atoms with Gasteiger partial charge in [0, 0.05) is 32.6 Å². The normalized spacial score (nSPS) is 15.3. The maximum atomic E-state index is 12.7. The van der Waals surface area contributed by atoms with E-state index in [1.54, 1.807) is 22.9 Å². The number of nitrogens with zero attached hydrogens (tertiary/aromatic N) is 4. The van der Waals surface area contributed by atoms with Crippen LogP contribution in [-0.2, 0) is 22.6 Å². The number of benzene rings is 1. The first-order chi connectivity index (χ1) is 14.9. The number of aromatic nitrogens is 3. The van der Waals surface area contributed by atoms with E-state index in [9.17, 15) is 9.59 Å². The van der Waals surface area contributed by atoms with Crippen molar-refractivity contribution in [3.63, 3.8) is 0 Å². The van der Waals surface area contributed by atoms with Gasteiger partial charge in [-0.15, -0.1) is 10.2 Å². The fourth-order valence-corrected chi connectivity index (χ4v) is 4.36. The van der Waals surface area contributed by atoms with Crippen molar-refractivity contribution in [1.29, 1.82) is 0 Å². The summed E-state index contributed by atoms with van der Waals surface area (Å²) in [6.45, 7) is 7.33. The second kappa shape index (κ2) is 10.6. The summed E-state index contributed by atoms with van der Waals surface area (Å²) in [7, 11) is 0. The molecule has 0 spiro atoms. The third-order valence-corrected chi connectivity index (χ3v) is 5.94. The smallest absolute Gasteiger partial charge is 0.223 e. The topological polar surface area (TPSA) is 80.1 Å². The average molecular weight is 442 g/mol. The number of aryl methyl sites for hydroxylation is 1. The predicted octanol–water partition coefficient (Wildman–Crippen LogP) is 3.67. The molecule has 0 bridgehead atoms. The highest BCUT2D eigenvalue weighted by Gasteiger charge is 2.28. The molecule has 8 heteroatoms. The second-order valence-electron chi connectivity index (χ2n) is 8.15. The molecule has 3 rings (SSSR count). The van der Waals surface area contributed by atoms with Crippen molar-refractivity contribution >= 4 is 29.7 Å². The van der Waals surface area contributed by atoms with E-state index < -0.39 is 0 Å². The molecule has 1 aliphatic rings. The molecule has 2 heterocycles.